The van der Waals surface area contributed by atoms with E-state index < -0.39 is 34.7 Å². The molecule has 0 spiro atoms. The summed E-state index contributed by atoms with van der Waals surface area (Å²) in [5, 5.41) is 9.37. The number of rotatable bonds is 2. The average molecular weight is 656 g/mol. The average Bonchev–Trinajstić information content (AvgIpc) is 3.72. The highest BCUT2D eigenvalue weighted by Gasteiger charge is 2.50. The molecule has 0 aromatic carbocycles. The number of hydrogen-bond donors (Lipinski definition) is 10. The van der Waals surface area contributed by atoms with Crippen LogP contribution in [0, 0.1) is 6.92 Å². The zero-order chi connectivity index (χ0) is 31.0. The van der Waals surface area contributed by atoms with Crippen LogP contribution in [-0.4, -0.2) is 58.6 Å². The van der Waals surface area contributed by atoms with Crippen molar-refractivity contribution in [2.75, 3.05) is 24.0 Å². The highest BCUT2D eigenvalue weighted by atomic mass is 31.2. The Hall–Kier alpha value is -4.33. The fourth-order valence-electron chi connectivity index (χ4n) is 4.96. The first kappa shape index (κ1) is 28.4. The quantitative estimate of drug-likeness (QED) is 0.147. The topological polar surface area (TPSA) is 295 Å². The van der Waals surface area contributed by atoms with Gasteiger partial charge in [-0.3, -0.25) is 28.7 Å². The first-order valence-corrected chi connectivity index (χ1v) is 15.8. The van der Waals surface area contributed by atoms with E-state index in [1.165, 1.54) is 10.9 Å². The molecule has 12 N–H and O–H groups in total. The number of imidazole rings is 1. The maximum Gasteiger partial charge on any atom is 0.663 e. The van der Waals surface area contributed by atoms with Crippen molar-refractivity contribution in [3.05, 3.63) is 57.3 Å². The van der Waals surface area contributed by atoms with Crippen molar-refractivity contribution >= 4 is 45.2 Å². The molecule has 0 aliphatic carbocycles. The summed E-state index contributed by atoms with van der Waals surface area (Å²) >= 11 is 0. The number of aromatic amines is 1. The minimum atomic E-state index is -4.67. The summed E-state index contributed by atoms with van der Waals surface area (Å²) < 4.78 is 34.5. The lowest BCUT2D eigenvalue weighted by Crippen LogP contribution is -2.51. The van der Waals surface area contributed by atoms with Crippen LogP contribution in [0.4, 0.5) is 11.8 Å². The van der Waals surface area contributed by atoms with E-state index in [1.54, 1.807) is 11.8 Å². The SMILES string of the molecule is Cc1c(N2CNC3=C(N)NCNC32)oc2c1O[P+](O)(O)O/C=C1\CC(=C(n3cnc4c(=O)[nH]c(N)nc43)O1)O[P+](O)(O)OC2. The van der Waals surface area contributed by atoms with Gasteiger partial charge >= 0.3 is 16.3 Å². The number of H-pyrrole nitrogens is 1. The van der Waals surface area contributed by atoms with Crippen LogP contribution in [0.2, 0.25) is 0 Å². The van der Waals surface area contributed by atoms with Gasteiger partial charge in [0, 0.05) is 0 Å². The van der Waals surface area contributed by atoms with Crippen molar-refractivity contribution in [3.8, 4) is 5.75 Å². The highest BCUT2D eigenvalue weighted by Crippen LogP contribution is 2.60. The second-order valence-electron chi connectivity index (χ2n) is 9.75. The predicted molar refractivity (Wildman–Crippen MR) is 150 cm³/mol. The molecular weight excluding hydrogens is 630 g/mol. The van der Waals surface area contributed by atoms with Gasteiger partial charge in [-0.1, -0.05) is 0 Å². The summed E-state index contributed by atoms with van der Waals surface area (Å²) in [6.45, 7) is 1.58. The van der Waals surface area contributed by atoms with Crippen LogP contribution < -0.4 is 42.4 Å². The maximum atomic E-state index is 12.3. The first-order chi connectivity index (χ1) is 20.9. The van der Waals surface area contributed by atoms with Crippen molar-refractivity contribution < 1.29 is 46.8 Å². The van der Waals surface area contributed by atoms with E-state index in [9.17, 15) is 24.4 Å². The van der Waals surface area contributed by atoms with Gasteiger partial charge in [0.2, 0.25) is 23.3 Å². The van der Waals surface area contributed by atoms with Crippen molar-refractivity contribution in [3.63, 3.8) is 0 Å². The molecule has 7 rings (SSSR count). The minimum Gasteiger partial charge on any atom is -0.438 e. The summed E-state index contributed by atoms with van der Waals surface area (Å²) in [5.74, 6) is -0.316. The number of aromatic nitrogens is 4. The molecule has 1 fully saturated rings. The molecule has 44 heavy (non-hydrogen) atoms. The van der Waals surface area contributed by atoms with Crippen LogP contribution in [0.25, 0.3) is 17.0 Å². The minimum absolute atomic E-state index is 0.0384. The van der Waals surface area contributed by atoms with E-state index in [4.69, 9.17) is 38.7 Å². The second kappa shape index (κ2) is 10.1. The standard InChI is InChI=1S/C21H25N10O11P2/c1-8-14-11(40-19(8)30-6-26-12-15(22)24-5-25-16(12)30)4-38-43(33,34)41-10-2-9(3-37-44(35,36)42-14)39-20(10)31-7-27-13-17(31)28-21(23)29-18(13)32/h3,7,16,24-26,33-36H,2,4-6,22H2,1H3,(H2-,23,28,29,32)/q+1/p+1/b9-3+. The van der Waals surface area contributed by atoms with Gasteiger partial charge in [-0.25, -0.2) is 9.55 Å². The van der Waals surface area contributed by atoms with Gasteiger partial charge in [-0.05, 0) is 6.92 Å². The summed E-state index contributed by atoms with van der Waals surface area (Å²) in [5.41, 5.74) is 12.0. The lowest BCUT2D eigenvalue weighted by molar-refractivity contribution is 0.125. The molecule has 3 aromatic heterocycles. The smallest absolute Gasteiger partial charge is 0.438 e. The third kappa shape index (κ3) is 4.90. The van der Waals surface area contributed by atoms with Crippen LogP contribution in [-0.2, 0) is 24.9 Å². The third-order valence-electron chi connectivity index (χ3n) is 6.85. The molecule has 0 radical (unpaired) electrons. The van der Waals surface area contributed by atoms with Crippen LogP contribution in [0.15, 0.2) is 44.8 Å². The fraction of sp³-hybridized carbons (Fsp3) is 0.286. The largest absolute Gasteiger partial charge is 0.663 e. The van der Waals surface area contributed by atoms with Crippen molar-refractivity contribution in [1.29, 1.82) is 0 Å². The van der Waals surface area contributed by atoms with Crippen LogP contribution in [0.3, 0.4) is 0 Å². The molecule has 1 atom stereocenters. The zero-order valence-electron chi connectivity index (χ0n) is 22.5. The van der Waals surface area contributed by atoms with Crippen LogP contribution in [0.5, 0.6) is 5.75 Å². The molecule has 234 valence electrons. The lowest BCUT2D eigenvalue weighted by Gasteiger charge is -2.28. The number of nitrogens with one attached hydrogen (secondary N) is 4. The Kier molecular flexibility index (Phi) is 6.54. The highest BCUT2D eigenvalue weighted by molar-refractivity contribution is 7.55. The maximum absolute atomic E-state index is 12.3. The number of nitrogen functional groups attached to an aromatic ring is 1. The molecule has 1 saturated heterocycles. The molecule has 4 aliphatic rings. The molecule has 23 heteroatoms. The monoisotopic (exact) mass is 656 g/mol. The number of nitrogens with two attached hydrogens (primary N) is 2. The van der Waals surface area contributed by atoms with Gasteiger partial charge in [-0.2, -0.15) is 24.6 Å². The fourth-order valence-corrected chi connectivity index (χ4v) is 6.50. The van der Waals surface area contributed by atoms with Crippen molar-refractivity contribution in [2.45, 2.75) is 26.1 Å². The Morgan fingerprint density at radius 3 is 2.77 bits per heavy atom. The van der Waals surface area contributed by atoms with Gasteiger partial charge in [0.15, 0.2) is 35.6 Å². The summed E-state index contributed by atoms with van der Waals surface area (Å²) in [6.07, 6.45) is 1.34. The number of hydrogen-bond acceptors (Lipinski definition) is 19. The van der Waals surface area contributed by atoms with E-state index >= 15 is 0 Å². The normalized spacial score (nSPS) is 23.8. The van der Waals surface area contributed by atoms with Crippen molar-refractivity contribution in [1.82, 2.24) is 35.5 Å². The second-order valence-corrected chi connectivity index (χ2v) is 12.5. The molecule has 0 amide bonds. The van der Waals surface area contributed by atoms with Gasteiger partial charge < -0.3 is 36.2 Å². The summed E-state index contributed by atoms with van der Waals surface area (Å²) in [4.78, 5) is 67.5. The molecular formula is C21H26N10O11P2+2. The van der Waals surface area contributed by atoms with Crippen LogP contribution in [0.1, 0.15) is 17.7 Å². The van der Waals surface area contributed by atoms with Gasteiger partial charge in [0.05, 0.1) is 31.0 Å². The van der Waals surface area contributed by atoms with Crippen LogP contribution >= 0.6 is 16.3 Å². The predicted octanol–water partition coefficient (Wildman–Crippen LogP) is -1.07. The molecule has 1 unspecified atom stereocenters. The Bertz CT molecular complexity index is 1830. The van der Waals surface area contributed by atoms with Gasteiger partial charge in [0.25, 0.3) is 11.4 Å². The molecule has 2 bridgehead atoms. The van der Waals surface area contributed by atoms with E-state index in [1.807, 2.05) is 0 Å². The Balaban J connectivity index is 1.25. The first-order valence-electron chi connectivity index (χ1n) is 12.7. The van der Waals surface area contributed by atoms with E-state index in [2.05, 4.69) is 30.9 Å². The summed E-state index contributed by atoms with van der Waals surface area (Å²) in [7, 11) is -9.32. The van der Waals surface area contributed by atoms with E-state index in [0.29, 0.717) is 23.8 Å². The van der Waals surface area contributed by atoms with E-state index in [0.717, 1.165) is 6.26 Å². The van der Waals surface area contributed by atoms with Gasteiger partial charge in [-0.15, -0.1) is 4.52 Å². The number of nitrogens with zero attached hydrogens (tertiary/aromatic N) is 4. The number of ether oxygens (including phenoxy) is 1. The van der Waals surface area contributed by atoms with Crippen molar-refractivity contribution in [2.24, 2.45) is 5.73 Å². The Morgan fingerprint density at radius 1 is 1.14 bits per heavy atom. The number of furan rings is 1. The summed E-state index contributed by atoms with van der Waals surface area (Å²) in [6, 6.07) is 0. The molecule has 7 heterocycles. The third-order valence-corrected chi connectivity index (χ3v) is 8.58. The van der Waals surface area contributed by atoms with Gasteiger partial charge in [0.1, 0.15) is 18.3 Å². The molecule has 4 aliphatic heterocycles. The number of fused-ring (bicyclic) bond motifs is 5. The molecule has 3 aromatic rings. The number of anilines is 2. The Morgan fingerprint density at radius 2 is 1.95 bits per heavy atom. The molecule has 0 saturated carbocycles. The zero-order valence-corrected chi connectivity index (χ0v) is 24.3. The van der Waals surface area contributed by atoms with E-state index in [-0.39, 0.29) is 65.0 Å². The lowest BCUT2D eigenvalue weighted by atomic mass is 10.2. The molecule has 21 nitrogen and oxygen atoms in total. The Labute approximate surface area is 246 Å².